The van der Waals surface area contributed by atoms with Gasteiger partial charge in [-0.1, -0.05) is 13.3 Å². The number of rotatable bonds is 7. The SMILES string of the molecule is CCCCOC(=O)CSCc1csc(C)n1. The van der Waals surface area contributed by atoms with Crippen LogP contribution in [-0.4, -0.2) is 23.3 Å². The van der Waals surface area contributed by atoms with Crippen molar-refractivity contribution in [3.63, 3.8) is 0 Å². The first-order valence-corrected chi connectivity index (χ1v) is 7.40. The number of esters is 1. The molecule has 1 aromatic rings. The molecule has 1 rings (SSSR count). The van der Waals surface area contributed by atoms with Gasteiger partial charge < -0.3 is 4.74 Å². The number of carbonyl (C=O) groups is 1. The van der Waals surface area contributed by atoms with Gasteiger partial charge in [0.05, 0.1) is 23.1 Å². The van der Waals surface area contributed by atoms with Crippen molar-refractivity contribution in [3.05, 3.63) is 16.1 Å². The Morgan fingerprint density at radius 1 is 1.62 bits per heavy atom. The van der Waals surface area contributed by atoms with Crippen LogP contribution < -0.4 is 0 Å². The molecule has 0 fully saturated rings. The van der Waals surface area contributed by atoms with E-state index < -0.39 is 0 Å². The Morgan fingerprint density at radius 3 is 3.06 bits per heavy atom. The predicted molar refractivity (Wildman–Crippen MR) is 68.9 cm³/mol. The Balaban J connectivity index is 2.08. The van der Waals surface area contributed by atoms with E-state index in [0.717, 1.165) is 29.3 Å². The standard InChI is InChI=1S/C11H17NO2S2/c1-3-4-5-14-11(13)8-15-6-10-7-16-9(2)12-10/h7H,3-6,8H2,1-2H3. The number of aromatic nitrogens is 1. The molecule has 0 N–H and O–H groups in total. The molecular formula is C11H17NO2S2. The van der Waals surface area contributed by atoms with Crippen LogP contribution >= 0.6 is 23.1 Å². The second-order valence-electron chi connectivity index (χ2n) is 3.42. The van der Waals surface area contributed by atoms with Crippen LogP contribution in [0, 0.1) is 6.92 Å². The third kappa shape index (κ3) is 5.51. The molecule has 0 radical (unpaired) electrons. The van der Waals surface area contributed by atoms with Crippen molar-refractivity contribution in [2.45, 2.75) is 32.4 Å². The highest BCUT2D eigenvalue weighted by Crippen LogP contribution is 2.15. The third-order valence-electron chi connectivity index (χ3n) is 1.90. The van der Waals surface area contributed by atoms with Crippen LogP contribution in [0.5, 0.6) is 0 Å². The fourth-order valence-corrected chi connectivity index (χ4v) is 2.51. The van der Waals surface area contributed by atoms with Crippen LogP contribution in [-0.2, 0) is 15.3 Å². The van der Waals surface area contributed by atoms with Gasteiger partial charge in [0, 0.05) is 11.1 Å². The maximum absolute atomic E-state index is 11.3. The summed E-state index contributed by atoms with van der Waals surface area (Å²) in [5.41, 5.74) is 1.05. The fraction of sp³-hybridized carbons (Fsp3) is 0.636. The first kappa shape index (κ1) is 13.5. The second kappa shape index (κ2) is 7.68. The van der Waals surface area contributed by atoms with Crippen LogP contribution in [0.2, 0.25) is 0 Å². The topological polar surface area (TPSA) is 39.2 Å². The first-order valence-electron chi connectivity index (χ1n) is 5.36. The van der Waals surface area contributed by atoms with Crippen molar-refractivity contribution in [3.8, 4) is 0 Å². The number of thiazole rings is 1. The molecule has 0 aliphatic heterocycles. The van der Waals surface area contributed by atoms with Gasteiger partial charge in [0.1, 0.15) is 0 Å². The zero-order valence-corrected chi connectivity index (χ0v) is 11.3. The smallest absolute Gasteiger partial charge is 0.315 e. The number of thioether (sulfide) groups is 1. The Morgan fingerprint density at radius 2 is 2.44 bits per heavy atom. The summed E-state index contributed by atoms with van der Waals surface area (Å²) in [6.45, 7) is 4.61. The van der Waals surface area contributed by atoms with E-state index in [9.17, 15) is 4.79 Å². The molecule has 0 aliphatic rings. The molecule has 0 amide bonds. The lowest BCUT2D eigenvalue weighted by Crippen LogP contribution is -2.08. The normalized spacial score (nSPS) is 10.4. The Kier molecular flexibility index (Phi) is 6.49. The summed E-state index contributed by atoms with van der Waals surface area (Å²) in [7, 11) is 0. The summed E-state index contributed by atoms with van der Waals surface area (Å²) in [5, 5.41) is 3.10. The van der Waals surface area contributed by atoms with Gasteiger partial charge in [0.2, 0.25) is 0 Å². The average Bonchev–Trinajstić information content (AvgIpc) is 2.65. The molecule has 0 aromatic carbocycles. The van der Waals surface area contributed by atoms with E-state index >= 15 is 0 Å². The Bertz CT molecular complexity index is 326. The highest BCUT2D eigenvalue weighted by molar-refractivity contribution is 7.99. The third-order valence-corrected chi connectivity index (χ3v) is 3.66. The van der Waals surface area contributed by atoms with Crippen molar-refractivity contribution in [1.82, 2.24) is 4.98 Å². The van der Waals surface area contributed by atoms with Gasteiger partial charge >= 0.3 is 5.97 Å². The molecule has 0 saturated heterocycles. The average molecular weight is 259 g/mol. The first-order chi connectivity index (χ1) is 7.72. The zero-order valence-electron chi connectivity index (χ0n) is 9.69. The largest absolute Gasteiger partial charge is 0.465 e. The van der Waals surface area contributed by atoms with Gasteiger partial charge in [-0.2, -0.15) is 0 Å². The Hall–Kier alpha value is -0.550. The van der Waals surface area contributed by atoms with Gasteiger partial charge in [0.25, 0.3) is 0 Å². The molecule has 0 bridgehead atoms. The Labute approximate surface area is 105 Å². The second-order valence-corrected chi connectivity index (χ2v) is 5.47. The van der Waals surface area contributed by atoms with E-state index in [1.165, 1.54) is 0 Å². The van der Waals surface area contributed by atoms with Crippen LogP contribution in [0.4, 0.5) is 0 Å². The van der Waals surface area contributed by atoms with E-state index in [1.54, 1.807) is 23.1 Å². The molecule has 1 heterocycles. The van der Waals surface area contributed by atoms with Crippen molar-refractivity contribution in [2.24, 2.45) is 0 Å². The van der Waals surface area contributed by atoms with Crippen molar-refractivity contribution < 1.29 is 9.53 Å². The molecule has 90 valence electrons. The molecule has 16 heavy (non-hydrogen) atoms. The van der Waals surface area contributed by atoms with Crippen LogP contribution in [0.15, 0.2) is 5.38 Å². The number of nitrogens with zero attached hydrogens (tertiary/aromatic N) is 1. The molecule has 5 heteroatoms. The highest BCUT2D eigenvalue weighted by atomic mass is 32.2. The number of hydrogen-bond acceptors (Lipinski definition) is 5. The number of unbranched alkanes of at least 4 members (excludes halogenated alkanes) is 1. The summed E-state index contributed by atoms with van der Waals surface area (Å²) in [4.78, 5) is 15.6. The monoisotopic (exact) mass is 259 g/mol. The molecule has 0 saturated carbocycles. The summed E-state index contributed by atoms with van der Waals surface area (Å²) < 4.78 is 5.05. The molecule has 0 unspecified atom stereocenters. The predicted octanol–water partition coefficient (Wildman–Crippen LogP) is 3.03. The quantitative estimate of drug-likeness (QED) is 0.557. The number of aryl methyl sites for hydroxylation is 1. The lowest BCUT2D eigenvalue weighted by molar-refractivity contribution is -0.140. The van der Waals surface area contributed by atoms with E-state index in [0.29, 0.717) is 12.4 Å². The van der Waals surface area contributed by atoms with Crippen molar-refractivity contribution in [2.75, 3.05) is 12.4 Å². The van der Waals surface area contributed by atoms with E-state index in [4.69, 9.17) is 4.74 Å². The van der Waals surface area contributed by atoms with E-state index in [-0.39, 0.29) is 5.97 Å². The van der Waals surface area contributed by atoms with Gasteiger partial charge in [-0.15, -0.1) is 23.1 Å². The summed E-state index contributed by atoms with van der Waals surface area (Å²) in [5.74, 6) is 1.08. The fourth-order valence-electron chi connectivity index (χ4n) is 1.09. The van der Waals surface area contributed by atoms with Crippen LogP contribution in [0.25, 0.3) is 0 Å². The summed E-state index contributed by atoms with van der Waals surface area (Å²) >= 11 is 3.19. The van der Waals surface area contributed by atoms with E-state index in [1.807, 2.05) is 12.3 Å². The molecular weight excluding hydrogens is 242 g/mol. The number of hydrogen-bond donors (Lipinski definition) is 0. The summed E-state index contributed by atoms with van der Waals surface area (Å²) in [6.07, 6.45) is 2.00. The van der Waals surface area contributed by atoms with Gasteiger partial charge in [-0.05, 0) is 13.3 Å². The van der Waals surface area contributed by atoms with Crippen LogP contribution in [0.1, 0.15) is 30.5 Å². The highest BCUT2D eigenvalue weighted by Gasteiger charge is 2.04. The van der Waals surface area contributed by atoms with Gasteiger partial charge in [-0.3, -0.25) is 4.79 Å². The molecule has 1 aromatic heterocycles. The van der Waals surface area contributed by atoms with Crippen molar-refractivity contribution >= 4 is 29.1 Å². The number of ether oxygens (including phenoxy) is 1. The minimum atomic E-state index is -0.120. The minimum Gasteiger partial charge on any atom is -0.465 e. The minimum absolute atomic E-state index is 0.120. The maximum Gasteiger partial charge on any atom is 0.315 e. The number of carbonyl (C=O) groups excluding carboxylic acids is 1. The maximum atomic E-state index is 11.3. The zero-order chi connectivity index (χ0) is 11.8. The molecule has 0 atom stereocenters. The van der Waals surface area contributed by atoms with Crippen LogP contribution in [0.3, 0.4) is 0 Å². The van der Waals surface area contributed by atoms with E-state index in [2.05, 4.69) is 11.9 Å². The lowest BCUT2D eigenvalue weighted by atomic mass is 10.4. The molecule has 3 nitrogen and oxygen atoms in total. The summed E-state index contributed by atoms with van der Waals surface area (Å²) in [6, 6.07) is 0. The lowest BCUT2D eigenvalue weighted by Gasteiger charge is -2.02. The van der Waals surface area contributed by atoms with Crippen molar-refractivity contribution in [1.29, 1.82) is 0 Å². The molecule has 0 spiro atoms. The van der Waals surface area contributed by atoms with Gasteiger partial charge in [-0.25, -0.2) is 4.98 Å². The molecule has 0 aliphatic carbocycles. The van der Waals surface area contributed by atoms with Gasteiger partial charge in [0.15, 0.2) is 0 Å².